The summed E-state index contributed by atoms with van der Waals surface area (Å²) < 4.78 is 1.39. The second-order valence-electron chi connectivity index (χ2n) is 6.47. The number of para-hydroxylation sites is 1. The van der Waals surface area contributed by atoms with E-state index in [-0.39, 0.29) is 5.82 Å². The smallest absolute Gasteiger partial charge is 0.303 e. The zero-order valence-electron chi connectivity index (χ0n) is 14.6. The molecule has 0 amide bonds. The van der Waals surface area contributed by atoms with Crippen LogP contribution in [0.2, 0.25) is 0 Å². The molecule has 0 spiro atoms. The number of aromatic nitrogens is 2. The third kappa shape index (κ3) is 2.75. The van der Waals surface area contributed by atoms with Crippen molar-refractivity contribution in [1.29, 1.82) is 0 Å². The van der Waals surface area contributed by atoms with Gasteiger partial charge in [-0.15, -0.1) is 0 Å². The number of rotatable bonds is 3. The van der Waals surface area contributed by atoms with E-state index in [0.29, 0.717) is 17.0 Å². The Kier molecular flexibility index (Phi) is 4.16. The van der Waals surface area contributed by atoms with Crippen LogP contribution in [0.15, 0.2) is 75.2 Å². The summed E-state index contributed by atoms with van der Waals surface area (Å²) >= 11 is 0. The van der Waals surface area contributed by atoms with E-state index >= 15 is 0 Å². The normalized spacial score (nSPS) is 18.5. The fourth-order valence-corrected chi connectivity index (χ4v) is 3.62. The van der Waals surface area contributed by atoms with Crippen molar-refractivity contribution >= 4 is 17.8 Å². The van der Waals surface area contributed by atoms with E-state index < -0.39 is 23.1 Å². The van der Waals surface area contributed by atoms with Gasteiger partial charge in [-0.25, -0.2) is 14.4 Å². The van der Waals surface area contributed by atoms with Crippen LogP contribution in [0, 0.1) is 5.92 Å². The molecule has 1 N–H and O–H groups in total. The number of carbonyl (C=O) groups is 1. The first kappa shape index (κ1) is 16.9. The van der Waals surface area contributed by atoms with Crippen molar-refractivity contribution in [1.82, 2.24) is 9.55 Å². The Bertz CT molecular complexity index is 1140. The molecule has 2 atom stereocenters. The monoisotopic (exact) mass is 359 g/mol. The van der Waals surface area contributed by atoms with E-state index in [1.54, 1.807) is 19.1 Å². The second-order valence-corrected chi connectivity index (χ2v) is 6.47. The lowest BCUT2D eigenvalue weighted by molar-refractivity contribution is -0.109. The maximum Gasteiger partial charge on any atom is 0.334 e. The molecule has 27 heavy (non-hydrogen) atoms. The summed E-state index contributed by atoms with van der Waals surface area (Å²) in [5.41, 5.74) is 1.25. The highest BCUT2D eigenvalue weighted by Crippen LogP contribution is 2.39. The summed E-state index contributed by atoms with van der Waals surface area (Å²) in [5, 5.41) is 0. The van der Waals surface area contributed by atoms with E-state index in [2.05, 4.69) is 9.98 Å². The zero-order chi connectivity index (χ0) is 19.0. The third-order valence-electron chi connectivity index (χ3n) is 4.88. The number of hydrogen-bond donors (Lipinski definition) is 1. The van der Waals surface area contributed by atoms with Crippen molar-refractivity contribution in [2.45, 2.75) is 12.8 Å². The summed E-state index contributed by atoms with van der Waals surface area (Å²) in [6.07, 6.45) is 0.816. The highest BCUT2D eigenvalue weighted by Gasteiger charge is 2.36. The van der Waals surface area contributed by atoms with Gasteiger partial charge in [0.2, 0.25) is 0 Å². The Labute approximate surface area is 154 Å². The van der Waals surface area contributed by atoms with Gasteiger partial charge in [0.15, 0.2) is 5.82 Å². The first-order chi connectivity index (χ1) is 13.1. The van der Waals surface area contributed by atoms with Gasteiger partial charge in [-0.2, -0.15) is 0 Å². The molecular formula is C21H17N3O3. The summed E-state index contributed by atoms with van der Waals surface area (Å²) in [7, 11) is 0. The Morgan fingerprint density at radius 2 is 1.63 bits per heavy atom. The molecule has 2 heterocycles. The van der Waals surface area contributed by atoms with Crippen LogP contribution in [0.25, 0.3) is 5.69 Å². The van der Waals surface area contributed by atoms with Crippen LogP contribution in [0.4, 0.5) is 5.82 Å². The molecule has 0 saturated heterocycles. The van der Waals surface area contributed by atoms with E-state index in [4.69, 9.17) is 0 Å². The molecule has 3 aromatic rings. The van der Waals surface area contributed by atoms with E-state index in [1.807, 2.05) is 48.5 Å². The van der Waals surface area contributed by atoms with Crippen molar-refractivity contribution in [3.63, 3.8) is 0 Å². The maximum absolute atomic E-state index is 12.8. The Morgan fingerprint density at radius 1 is 1.00 bits per heavy atom. The predicted octanol–water partition coefficient (Wildman–Crippen LogP) is 2.58. The van der Waals surface area contributed by atoms with Gasteiger partial charge >= 0.3 is 5.69 Å². The van der Waals surface area contributed by atoms with Crippen LogP contribution >= 0.6 is 0 Å². The van der Waals surface area contributed by atoms with Crippen molar-refractivity contribution < 1.29 is 4.79 Å². The maximum atomic E-state index is 12.8. The average Bonchev–Trinajstić information content (AvgIpc) is 2.68. The number of hydrogen-bond acceptors (Lipinski definition) is 4. The lowest BCUT2D eigenvalue weighted by Gasteiger charge is -2.29. The average molecular weight is 359 g/mol. The predicted molar refractivity (Wildman–Crippen MR) is 103 cm³/mol. The molecule has 0 saturated carbocycles. The summed E-state index contributed by atoms with van der Waals surface area (Å²) in [6, 6.07) is 18.3. The fraction of sp³-hybridized carbons (Fsp3) is 0.143. The lowest BCUT2D eigenvalue weighted by atomic mass is 9.78. The van der Waals surface area contributed by atoms with Gasteiger partial charge in [0.1, 0.15) is 6.29 Å². The van der Waals surface area contributed by atoms with Gasteiger partial charge in [-0.05, 0) is 24.6 Å². The fourth-order valence-electron chi connectivity index (χ4n) is 3.62. The minimum absolute atomic E-state index is 0.277. The van der Waals surface area contributed by atoms with Crippen molar-refractivity contribution in [3.05, 3.63) is 92.6 Å². The summed E-state index contributed by atoms with van der Waals surface area (Å²) in [6.45, 7) is 1.75. The Morgan fingerprint density at radius 3 is 2.26 bits per heavy atom. The van der Waals surface area contributed by atoms with Crippen molar-refractivity contribution in [2.75, 3.05) is 0 Å². The number of nitrogens with zero attached hydrogens (tertiary/aromatic N) is 2. The zero-order valence-corrected chi connectivity index (χ0v) is 14.6. The molecule has 1 aliphatic heterocycles. The van der Waals surface area contributed by atoms with Crippen LogP contribution < -0.4 is 11.2 Å². The highest BCUT2D eigenvalue weighted by molar-refractivity contribution is 6.00. The molecule has 0 radical (unpaired) electrons. The Balaban J connectivity index is 2.09. The topological polar surface area (TPSA) is 84.3 Å². The number of aldehydes is 1. The lowest BCUT2D eigenvalue weighted by Crippen LogP contribution is -2.38. The van der Waals surface area contributed by atoms with Crippen LogP contribution in [0.3, 0.4) is 0 Å². The molecule has 0 fully saturated rings. The number of aliphatic imine (C=N–C) groups is 1. The van der Waals surface area contributed by atoms with Gasteiger partial charge in [0, 0.05) is 11.6 Å². The van der Waals surface area contributed by atoms with Gasteiger partial charge in [-0.3, -0.25) is 9.78 Å². The standard InChI is InChI=1S/C21H17N3O3/c1-13-16(12-25)17(14-8-4-2-5-9-14)18-19(22-13)24(21(27)23-20(18)26)15-10-6-3-7-11-15/h2-12,16-17H,1H3,(H,23,26,27). The minimum Gasteiger partial charge on any atom is -0.303 e. The molecule has 1 aliphatic rings. The molecular weight excluding hydrogens is 342 g/mol. The first-order valence-electron chi connectivity index (χ1n) is 8.62. The van der Waals surface area contributed by atoms with Crippen molar-refractivity contribution in [2.24, 2.45) is 10.9 Å². The van der Waals surface area contributed by atoms with E-state index in [1.165, 1.54) is 4.57 Å². The second kappa shape index (κ2) is 6.64. The number of benzene rings is 2. The summed E-state index contributed by atoms with van der Waals surface area (Å²) in [4.78, 5) is 44.1. The number of carbonyl (C=O) groups excluding carboxylic acids is 1. The highest BCUT2D eigenvalue weighted by atomic mass is 16.2. The number of aromatic amines is 1. The van der Waals surface area contributed by atoms with E-state index in [0.717, 1.165) is 11.8 Å². The SMILES string of the molecule is CC1=Nc2c(c(=O)[nH]c(=O)n2-c2ccccc2)C(c2ccccc2)C1C=O. The number of nitrogens with one attached hydrogen (secondary N) is 1. The molecule has 4 rings (SSSR count). The van der Waals surface area contributed by atoms with Gasteiger partial charge in [0.05, 0.1) is 17.2 Å². The van der Waals surface area contributed by atoms with Crippen LogP contribution in [-0.4, -0.2) is 21.5 Å². The molecule has 1 aromatic heterocycles. The quantitative estimate of drug-likeness (QED) is 0.730. The van der Waals surface area contributed by atoms with Gasteiger partial charge < -0.3 is 4.79 Å². The van der Waals surface area contributed by atoms with Crippen LogP contribution in [0.1, 0.15) is 24.0 Å². The largest absolute Gasteiger partial charge is 0.334 e. The van der Waals surface area contributed by atoms with Crippen molar-refractivity contribution in [3.8, 4) is 5.69 Å². The van der Waals surface area contributed by atoms with Crippen LogP contribution in [0.5, 0.6) is 0 Å². The van der Waals surface area contributed by atoms with Gasteiger partial charge in [0.25, 0.3) is 5.56 Å². The first-order valence-corrected chi connectivity index (χ1v) is 8.62. The number of H-pyrrole nitrogens is 1. The molecule has 134 valence electrons. The summed E-state index contributed by atoms with van der Waals surface area (Å²) in [5.74, 6) is -0.794. The van der Waals surface area contributed by atoms with E-state index in [9.17, 15) is 14.4 Å². The molecule has 2 aromatic carbocycles. The minimum atomic E-state index is -0.567. The molecule has 0 aliphatic carbocycles. The molecule has 2 unspecified atom stereocenters. The van der Waals surface area contributed by atoms with Gasteiger partial charge in [-0.1, -0.05) is 48.5 Å². The third-order valence-corrected chi connectivity index (χ3v) is 4.88. The molecule has 6 heteroatoms. The Hall–Kier alpha value is -3.54. The molecule has 6 nitrogen and oxygen atoms in total. The number of fused-ring (bicyclic) bond motifs is 1. The molecule has 0 bridgehead atoms. The van der Waals surface area contributed by atoms with Crippen LogP contribution in [-0.2, 0) is 4.79 Å².